The predicted molar refractivity (Wildman–Crippen MR) is 73.4 cm³/mol. The van der Waals surface area contributed by atoms with Gasteiger partial charge in [-0.25, -0.2) is 9.97 Å². The van der Waals surface area contributed by atoms with Crippen LogP contribution in [0.2, 0.25) is 5.02 Å². The maximum Gasteiger partial charge on any atom is 0.275 e. The van der Waals surface area contributed by atoms with Gasteiger partial charge in [-0.3, -0.25) is 4.79 Å². The number of nitrogens with one attached hydrogen (secondary N) is 1. The molecule has 0 spiro atoms. The van der Waals surface area contributed by atoms with Gasteiger partial charge in [0.25, 0.3) is 5.91 Å². The summed E-state index contributed by atoms with van der Waals surface area (Å²) in [6, 6.07) is 1.82. The molecular formula is C12H12ClN3OS. The van der Waals surface area contributed by atoms with Crippen molar-refractivity contribution >= 4 is 34.5 Å². The minimum Gasteiger partial charge on any atom is -0.320 e. The monoisotopic (exact) mass is 281 g/mol. The minimum absolute atomic E-state index is 0.148. The third-order valence-electron chi connectivity index (χ3n) is 2.27. The lowest BCUT2D eigenvalue weighted by Crippen LogP contribution is -2.15. The van der Waals surface area contributed by atoms with E-state index in [0.29, 0.717) is 5.82 Å². The van der Waals surface area contributed by atoms with Crippen molar-refractivity contribution in [1.82, 2.24) is 9.97 Å². The first-order valence-corrected chi connectivity index (χ1v) is 6.76. The first kappa shape index (κ1) is 13.0. The molecule has 2 rings (SSSR count). The van der Waals surface area contributed by atoms with Gasteiger partial charge in [-0.2, -0.15) is 11.3 Å². The van der Waals surface area contributed by atoms with Crippen molar-refractivity contribution in [1.29, 1.82) is 0 Å². The van der Waals surface area contributed by atoms with E-state index < -0.39 is 0 Å². The van der Waals surface area contributed by atoms with Crippen molar-refractivity contribution in [2.45, 2.75) is 19.8 Å². The topological polar surface area (TPSA) is 54.9 Å². The van der Waals surface area contributed by atoms with Crippen LogP contribution in [0.15, 0.2) is 23.0 Å². The second kappa shape index (κ2) is 5.46. The fourth-order valence-electron chi connectivity index (χ4n) is 1.34. The van der Waals surface area contributed by atoms with E-state index in [1.807, 2.05) is 30.7 Å². The average molecular weight is 282 g/mol. The van der Waals surface area contributed by atoms with Gasteiger partial charge < -0.3 is 5.32 Å². The number of anilines is 1. The summed E-state index contributed by atoms with van der Waals surface area (Å²) in [5, 5.41) is 6.73. The Balaban J connectivity index is 2.26. The maximum atomic E-state index is 12.0. The van der Waals surface area contributed by atoms with Crippen LogP contribution in [0.1, 0.15) is 36.1 Å². The zero-order chi connectivity index (χ0) is 13.1. The first-order valence-electron chi connectivity index (χ1n) is 5.44. The summed E-state index contributed by atoms with van der Waals surface area (Å²) in [5.41, 5.74) is 0.951. The number of hydrogen-bond donors (Lipinski definition) is 1. The van der Waals surface area contributed by atoms with Crippen molar-refractivity contribution < 1.29 is 4.79 Å². The van der Waals surface area contributed by atoms with Crippen LogP contribution in [-0.2, 0) is 0 Å². The van der Waals surface area contributed by atoms with Gasteiger partial charge in [0.15, 0.2) is 5.69 Å². The third kappa shape index (κ3) is 2.86. The maximum absolute atomic E-state index is 12.0. The quantitative estimate of drug-likeness (QED) is 0.936. The number of carbonyl (C=O) groups excluding carboxylic acids is 1. The lowest BCUT2D eigenvalue weighted by atomic mass is 10.2. The molecule has 1 amide bonds. The Labute approximate surface area is 114 Å². The van der Waals surface area contributed by atoms with E-state index in [-0.39, 0.29) is 22.5 Å². The zero-order valence-electron chi connectivity index (χ0n) is 9.98. The van der Waals surface area contributed by atoms with Gasteiger partial charge in [0.1, 0.15) is 5.82 Å². The highest BCUT2D eigenvalue weighted by Gasteiger charge is 2.15. The molecule has 2 aromatic rings. The lowest BCUT2D eigenvalue weighted by molar-refractivity contribution is 0.102. The number of nitrogens with zero attached hydrogens (tertiary/aromatic N) is 2. The van der Waals surface area contributed by atoms with Crippen molar-refractivity contribution in [2.75, 3.05) is 5.32 Å². The predicted octanol–water partition coefficient (Wildman–Crippen LogP) is 3.57. The van der Waals surface area contributed by atoms with Gasteiger partial charge in [-0.05, 0) is 11.4 Å². The van der Waals surface area contributed by atoms with Crippen LogP contribution in [0.25, 0.3) is 0 Å². The van der Waals surface area contributed by atoms with Gasteiger partial charge in [0.05, 0.1) is 16.9 Å². The number of halogens is 1. The molecule has 94 valence electrons. The molecule has 0 aromatic carbocycles. The van der Waals surface area contributed by atoms with E-state index >= 15 is 0 Å². The number of rotatable bonds is 3. The minimum atomic E-state index is -0.317. The molecule has 2 heterocycles. The van der Waals surface area contributed by atoms with Crippen LogP contribution in [0.4, 0.5) is 5.69 Å². The summed E-state index contributed by atoms with van der Waals surface area (Å²) in [5.74, 6) is 0.438. The van der Waals surface area contributed by atoms with E-state index in [2.05, 4.69) is 15.3 Å². The fourth-order valence-corrected chi connectivity index (χ4v) is 2.11. The van der Waals surface area contributed by atoms with Gasteiger partial charge in [-0.15, -0.1) is 0 Å². The smallest absolute Gasteiger partial charge is 0.275 e. The number of carbonyl (C=O) groups is 1. The first-order chi connectivity index (χ1) is 8.58. The van der Waals surface area contributed by atoms with Crippen LogP contribution in [-0.4, -0.2) is 15.9 Å². The Bertz CT molecular complexity index is 554. The van der Waals surface area contributed by atoms with Crippen molar-refractivity contribution in [3.8, 4) is 0 Å². The Kier molecular flexibility index (Phi) is 3.93. The standard InChI is InChI=1S/C12H12ClN3OS/c1-7(2)11-14-5-9(13)10(16-11)12(17)15-8-3-4-18-6-8/h3-7H,1-2H3,(H,15,17). The van der Waals surface area contributed by atoms with Gasteiger partial charge >= 0.3 is 0 Å². The van der Waals surface area contributed by atoms with E-state index in [1.54, 1.807) is 0 Å². The molecule has 0 aliphatic rings. The summed E-state index contributed by atoms with van der Waals surface area (Å²) in [7, 11) is 0. The second-order valence-corrected chi connectivity index (χ2v) is 5.23. The lowest BCUT2D eigenvalue weighted by Gasteiger charge is -2.08. The molecule has 6 heteroatoms. The summed E-state index contributed by atoms with van der Waals surface area (Å²) in [4.78, 5) is 20.3. The van der Waals surface area contributed by atoms with Gasteiger partial charge in [0, 0.05) is 11.3 Å². The van der Waals surface area contributed by atoms with E-state index in [4.69, 9.17) is 11.6 Å². The van der Waals surface area contributed by atoms with Crippen LogP contribution >= 0.6 is 22.9 Å². The summed E-state index contributed by atoms with van der Waals surface area (Å²) in [6.45, 7) is 3.92. The van der Waals surface area contributed by atoms with Crippen LogP contribution in [0.5, 0.6) is 0 Å². The van der Waals surface area contributed by atoms with Crippen LogP contribution in [0.3, 0.4) is 0 Å². The molecule has 0 aliphatic carbocycles. The molecule has 1 N–H and O–H groups in total. The Hall–Kier alpha value is -1.46. The van der Waals surface area contributed by atoms with Gasteiger partial charge in [0.2, 0.25) is 0 Å². The molecule has 4 nitrogen and oxygen atoms in total. The number of hydrogen-bond acceptors (Lipinski definition) is 4. The number of aromatic nitrogens is 2. The van der Waals surface area contributed by atoms with Crippen molar-refractivity contribution in [2.24, 2.45) is 0 Å². The summed E-state index contributed by atoms with van der Waals surface area (Å²) in [6.07, 6.45) is 1.46. The average Bonchev–Trinajstić information content (AvgIpc) is 2.81. The highest BCUT2D eigenvalue weighted by molar-refractivity contribution is 7.08. The molecule has 0 saturated carbocycles. The molecule has 0 radical (unpaired) electrons. The Morgan fingerprint density at radius 1 is 1.50 bits per heavy atom. The van der Waals surface area contributed by atoms with E-state index in [1.165, 1.54) is 17.5 Å². The molecule has 18 heavy (non-hydrogen) atoms. The highest BCUT2D eigenvalue weighted by atomic mass is 35.5. The SMILES string of the molecule is CC(C)c1ncc(Cl)c(C(=O)Nc2ccsc2)n1. The molecule has 0 unspecified atom stereocenters. The van der Waals surface area contributed by atoms with Crippen LogP contribution in [0, 0.1) is 0 Å². The Morgan fingerprint density at radius 3 is 2.89 bits per heavy atom. The van der Waals surface area contributed by atoms with Crippen LogP contribution < -0.4 is 5.32 Å². The van der Waals surface area contributed by atoms with E-state index in [0.717, 1.165) is 5.69 Å². The number of thiophene rings is 1. The Morgan fingerprint density at radius 2 is 2.28 bits per heavy atom. The fraction of sp³-hybridized carbons (Fsp3) is 0.250. The highest BCUT2D eigenvalue weighted by Crippen LogP contribution is 2.19. The van der Waals surface area contributed by atoms with Gasteiger partial charge in [-0.1, -0.05) is 25.4 Å². The largest absolute Gasteiger partial charge is 0.320 e. The normalized spacial score (nSPS) is 10.7. The molecule has 0 bridgehead atoms. The summed E-state index contributed by atoms with van der Waals surface area (Å²) >= 11 is 7.46. The molecule has 0 aliphatic heterocycles. The molecule has 0 saturated heterocycles. The van der Waals surface area contributed by atoms with E-state index in [9.17, 15) is 4.79 Å². The molecule has 2 aromatic heterocycles. The molecular weight excluding hydrogens is 270 g/mol. The molecule has 0 atom stereocenters. The van der Waals surface area contributed by atoms with Crippen molar-refractivity contribution in [3.05, 3.63) is 39.6 Å². The zero-order valence-corrected chi connectivity index (χ0v) is 11.5. The summed E-state index contributed by atoms with van der Waals surface area (Å²) < 4.78 is 0. The molecule has 0 fully saturated rings. The van der Waals surface area contributed by atoms with Crippen molar-refractivity contribution in [3.63, 3.8) is 0 Å². The second-order valence-electron chi connectivity index (χ2n) is 4.05. The number of amides is 1. The third-order valence-corrected chi connectivity index (χ3v) is 3.23.